The van der Waals surface area contributed by atoms with Crippen LogP contribution in [0.5, 0.6) is 0 Å². The first-order chi connectivity index (χ1) is 7.77. The van der Waals surface area contributed by atoms with E-state index in [9.17, 15) is 4.79 Å². The van der Waals surface area contributed by atoms with Crippen molar-refractivity contribution in [1.29, 1.82) is 0 Å². The van der Waals surface area contributed by atoms with E-state index >= 15 is 0 Å². The maximum absolute atomic E-state index is 10.2. The zero-order chi connectivity index (χ0) is 12.1. The molecule has 0 bridgehead atoms. The van der Waals surface area contributed by atoms with E-state index in [0.717, 1.165) is 12.8 Å². The molecule has 0 fully saturated rings. The molecule has 0 atom stereocenters. The summed E-state index contributed by atoms with van der Waals surface area (Å²) in [4.78, 5) is 10.2. The Bertz CT molecular complexity index is 191. The van der Waals surface area contributed by atoms with Crippen molar-refractivity contribution in [3.63, 3.8) is 0 Å². The smallest absolute Gasteiger partial charge is 0.327 e. The van der Waals surface area contributed by atoms with Gasteiger partial charge in [0.2, 0.25) is 0 Å². The summed E-state index contributed by atoms with van der Waals surface area (Å²) >= 11 is 0. The van der Waals surface area contributed by atoms with Crippen LogP contribution in [0.1, 0.15) is 71.1 Å². The minimum atomic E-state index is -0.837. The van der Waals surface area contributed by atoms with Crippen LogP contribution < -0.4 is 0 Å². The minimum absolute atomic E-state index is 0. The van der Waals surface area contributed by atoms with Crippen LogP contribution in [0.15, 0.2) is 12.2 Å². The Kier molecular flexibility index (Phi) is 19.3. The molecule has 0 aliphatic heterocycles. The Balaban J connectivity index is 0. The molecule has 0 rings (SSSR count). The van der Waals surface area contributed by atoms with E-state index in [0.29, 0.717) is 0 Å². The van der Waals surface area contributed by atoms with Gasteiger partial charge in [0.15, 0.2) is 0 Å². The van der Waals surface area contributed by atoms with Gasteiger partial charge in [-0.25, -0.2) is 4.79 Å². The number of allylic oxidation sites excluding steroid dienone is 1. The van der Waals surface area contributed by atoms with Gasteiger partial charge in [-0.15, -0.1) is 0 Å². The molecular formula is C14H26GdO2. The van der Waals surface area contributed by atoms with Crippen LogP contribution in [-0.2, 0) is 4.79 Å². The molecule has 0 aromatic rings. The van der Waals surface area contributed by atoms with Crippen molar-refractivity contribution in [2.45, 2.75) is 71.1 Å². The zero-order valence-electron chi connectivity index (χ0n) is 10.9. The van der Waals surface area contributed by atoms with Crippen molar-refractivity contribution >= 4 is 5.97 Å². The number of aliphatic carboxylic acids is 1. The van der Waals surface area contributed by atoms with Crippen LogP contribution >= 0.6 is 0 Å². The van der Waals surface area contributed by atoms with E-state index < -0.39 is 5.97 Å². The van der Waals surface area contributed by atoms with Crippen LogP contribution in [0.4, 0.5) is 0 Å². The molecular weight excluding hydrogens is 357 g/mol. The molecule has 0 spiro atoms. The predicted molar refractivity (Wildman–Crippen MR) is 68.6 cm³/mol. The minimum Gasteiger partial charge on any atom is -0.478 e. The van der Waals surface area contributed by atoms with Gasteiger partial charge in [0.25, 0.3) is 0 Å². The van der Waals surface area contributed by atoms with Crippen LogP contribution in [0.25, 0.3) is 0 Å². The summed E-state index contributed by atoms with van der Waals surface area (Å²) in [5.74, 6) is -0.837. The summed E-state index contributed by atoms with van der Waals surface area (Å²) < 4.78 is 0. The number of rotatable bonds is 11. The van der Waals surface area contributed by atoms with Gasteiger partial charge >= 0.3 is 5.97 Å². The van der Waals surface area contributed by atoms with E-state index in [-0.39, 0.29) is 39.9 Å². The third-order valence-corrected chi connectivity index (χ3v) is 2.73. The number of carboxylic acids is 1. The first-order valence-electron chi connectivity index (χ1n) is 6.67. The Morgan fingerprint density at radius 2 is 1.41 bits per heavy atom. The largest absolute Gasteiger partial charge is 0.478 e. The van der Waals surface area contributed by atoms with Crippen molar-refractivity contribution in [2.75, 3.05) is 0 Å². The molecule has 3 heteroatoms. The Labute approximate surface area is 138 Å². The molecule has 0 aromatic heterocycles. The van der Waals surface area contributed by atoms with Crippen LogP contribution in [0.3, 0.4) is 0 Å². The maximum atomic E-state index is 10.2. The second-order valence-corrected chi connectivity index (χ2v) is 4.36. The molecule has 0 amide bonds. The average Bonchev–Trinajstić information content (AvgIpc) is 2.25. The molecule has 102 valence electrons. The van der Waals surface area contributed by atoms with Crippen LogP contribution in [0, 0.1) is 39.9 Å². The third-order valence-electron chi connectivity index (χ3n) is 2.73. The Hall–Kier alpha value is 0.535. The SMILES string of the molecule is CCCCCCCCCCCC=CC(=O)O.[Gd]. The van der Waals surface area contributed by atoms with Gasteiger partial charge in [0, 0.05) is 46.0 Å². The molecule has 0 aliphatic rings. The van der Waals surface area contributed by atoms with E-state index in [1.54, 1.807) is 6.08 Å². The van der Waals surface area contributed by atoms with Gasteiger partial charge in [0.1, 0.15) is 0 Å². The average molecular weight is 384 g/mol. The van der Waals surface area contributed by atoms with Gasteiger partial charge in [-0.1, -0.05) is 64.4 Å². The van der Waals surface area contributed by atoms with Crippen molar-refractivity contribution in [1.82, 2.24) is 0 Å². The van der Waals surface area contributed by atoms with Crippen molar-refractivity contribution in [3.8, 4) is 0 Å². The predicted octanol–water partition coefficient (Wildman–Crippen LogP) is 4.55. The molecule has 1 N–H and O–H groups in total. The molecule has 17 heavy (non-hydrogen) atoms. The van der Waals surface area contributed by atoms with E-state index in [1.807, 2.05) is 0 Å². The molecule has 0 aromatic carbocycles. The molecule has 2 nitrogen and oxygen atoms in total. The molecule has 0 radical (unpaired) electrons. The van der Waals surface area contributed by atoms with Gasteiger partial charge < -0.3 is 5.11 Å². The second kappa shape index (κ2) is 16.5. The molecule has 0 saturated heterocycles. The number of unbranched alkanes of at least 4 members (excludes halogenated alkanes) is 9. The summed E-state index contributed by atoms with van der Waals surface area (Å²) in [5.41, 5.74) is 0. The fourth-order valence-electron chi connectivity index (χ4n) is 1.76. The van der Waals surface area contributed by atoms with Crippen molar-refractivity contribution in [2.24, 2.45) is 0 Å². The van der Waals surface area contributed by atoms with Crippen LogP contribution in [-0.4, -0.2) is 11.1 Å². The molecule has 0 unspecified atom stereocenters. The number of hydrogen-bond acceptors (Lipinski definition) is 1. The summed E-state index contributed by atoms with van der Waals surface area (Å²) in [6.45, 7) is 2.24. The number of hydrogen-bond donors (Lipinski definition) is 1. The van der Waals surface area contributed by atoms with E-state index in [4.69, 9.17) is 5.11 Å². The topological polar surface area (TPSA) is 37.3 Å². The second-order valence-electron chi connectivity index (χ2n) is 4.36. The standard InChI is InChI=1S/C14H26O2.Gd/c1-2-3-4-5-6-7-8-9-10-11-12-13-14(15)16;/h12-13H,2-11H2,1H3,(H,15,16);. The van der Waals surface area contributed by atoms with Gasteiger partial charge in [-0.3, -0.25) is 0 Å². The van der Waals surface area contributed by atoms with Gasteiger partial charge in [-0.05, 0) is 12.8 Å². The van der Waals surface area contributed by atoms with Gasteiger partial charge in [0.05, 0.1) is 0 Å². The number of carboxylic acid groups (broad SMARTS) is 1. The fourth-order valence-corrected chi connectivity index (χ4v) is 1.76. The van der Waals surface area contributed by atoms with Crippen molar-refractivity contribution in [3.05, 3.63) is 12.2 Å². The number of carbonyl (C=O) groups is 1. The Morgan fingerprint density at radius 1 is 0.941 bits per heavy atom. The normalized spacial score (nSPS) is 10.4. The third kappa shape index (κ3) is 19.1. The summed E-state index contributed by atoms with van der Waals surface area (Å²) in [6, 6.07) is 0. The molecule has 0 heterocycles. The fraction of sp³-hybridized carbons (Fsp3) is 0.786. The maximum Gasteiger partial charge on any atom is 0.327 e. The van der Waals surface area contributed by atoms with Crippen molar-refractivity contribution < 1.29 is 49.8 Å². The van der Waals surface area contributed by atoms with E-state index in [2.05, 4.69) is 6.92 Å². The zero-order valence-corrected chi connectivity index (χ0v) is 13.2. The van der Waals surface area contributed by atoms with E-state index in [1.165, 1.54) is 57.4 Å². The van der Waals surface area contributed by atoms with Gasteiger partial charge in [-0.2, -0.15) is 0 Å². The van der Waals surface area contributed by atoms with Crippen LogP contribution in [0.2, 0.25) is 0 Å². The first-order valence-corrected chi connectivity index (χ1v) is 6.67. The molecule has 0 aliphatic carbocycles. The molecule has 0 saturated carbocycles. The summed E-state index contributed by atoms with van der Waals surface area (Å²) in [6.07, 6.45) is 15.7. The first kappa shape index (κ1) is 19.9. The monoisotopic (exact) mass is 384 g/mol. The summed E-state index contributed by atoms with van der Waals surface area (Å²) in [5, 5.41) is 8.37. The quantitative estimate of drug-likeness (QED) is 0.420. The summed E-state index contributed by atoms with van der Waals surface area (Å²) in [7, 11) is 0. The Morgan fingerprint density at radius 3 is 1.88 bits per heavy atom.